The van der Waals surface area contributed by atoms with Gasteiger partial charge in [-0.25, -0.2) is 14.4 Å². The first-order valence-corrected chi connectivity index (χ1v) is 4.37. The van der Waals surface area contributed by atoms with E-state index in [-0.39, 0.29) is 11.0 Å². The highest BCUT2D eigenvalue weighted by atomic mass is 35.5. The molecule has 4 heteroatoms. The van der Waals surface area contributed by atoms with Crippen LogP contribution in [0.25, 0.3) is 5.83 Å². The molecule has 0 bridgehead atoms. The highest BCUT2D eigenvalue weighted by molar-refractivity contribution is 6.31. The average molecular weight is 201 g/mol. The van der Waals surface area contributed by atoms with Gasteiger partial charge >= 0.3 is 0 Å². The maximum atomic E-state index is 13.4. The maximum absolute atomic E-state index is 13.4. The fraction of sp³-hybridized carbons (Fsp3) is 0.333. The maximum Gasteiger partial charge on any atom is 0.142 e. The third-order valence-corrected chi connectivity index (χ3v) is 1.90. The quantitative estimate of drug-likeness (QED) is 0.686. The van der Waals surface area contributed by atoms with Crippen LogP contribution in [0.4, 0.5) is 4.39 Å². The van der Waals surface area contributed by atoms with Crippen molar-refractivity contribution in [2.45, 2.75) is 20.3 Å². The van der Waals surface area contributed by atoms with E-state index in [1.807, 2.05) is 6.92 Å². The van der Waals surface area contributed by atoms with Gasteiger partial charge in [-0.2, -0.15) is 0 Å². The highest BCUT2D eigenvalue weighted by Crippen LogP contribution is 2.25. The number of nitrogens with zero attached hydrogens (tertiary/aromatic N) is 2. The summed E-state index contributed by atoms with van der Waals surface area (Å²) in [5.74, 6) is -0.356. The predicted octanol–water partition coefficient (Wildman–Crippen LogP) is 3.16. The molecule has 0 saturated heterocycles. The van der Waals surface area contributed by atoms with Gasteiger partial charge in [0.25, 0.3) is 0 Å². The minimum atomic E-state index is -0.356. The Morgan fingerprint density at radius 2 is 2.31 bits per heavy atom. The molecule has 0 radical (unpaired) electrons. The molecule has 2 nitrogen and oxygen atoms in total. The summed E-state index contributed by atoms with van der Waals surface area (Å²) >= 11 is 5.73. The van der Waals surface area contributed by atoms with Crippen molar-refractivity contribution < 1.29 is 4.39 Å². The summed E-state index contributed by atoms with van der Waals surface area (Å²) < 4.78 is 13.4. The van der Waals surface area contributed by atoms with Crippen molar-refractivity contribution in [2.75, 3.05) is 0 Å². The number of hydrogen-bond acceptors (Lipinski definition) is 2. The molecule has 1 rings (SSSR count). The van der Waals surface area contributed by atoms with Crippen LogP contribution in [0, 0.1) is 6.92 Å². The van der Waals surface area contributed by atoms with Gasteiger partial charge in [0.05, 0.1) is 11.3 Å². The van der Waals surface area contributed by atoms with E-state index in [4.69, 9.17) is 11.6 Å². The molecule has 0 unspecified atom stereocenters. The molecule has 1 aromatic rings. The minimum Gasteiger partial charge on any atom is -0.241 e. The van der Waals surface area contributed by atoms with Crippen molar-refractivity contribution in [3.05, 3.63) is 28.8 Å². The van der Waals surface area contributed by atoms with Gasteiger partial charge in [0.15, 0.2) is 0 Å². The zero-order valence-electron chi connectivity index (χ0n) is 7.51. The van der Waals surface area contributed by atoms with Gasteiger partial charge < -0.3 is 0 Å². The fourth-order valence-corrected chi connectivity index (χ4v) is 1.27. The van der Waals surface area contributed by atoms with Crippen LogP contribution >= 0.6 is 11.6 Å². The van der Waals surface area contributed by atoms with E-state index in [0.29, 0.717) is 17.7 Å². The number of aromatic nitrogens is 2. The van der Waals surface area contributed by atoms with E-state index in [9.17, 15) is 4.39 Å². The van der Waals surface area contributed by atoms with Crippen molar-refractivity contribution in [3.63, 3.8) is 0 Å². The lowest BCUT2D eigenvalue weighted by Gasteiger charge is -2.02. The Bertz CT molecular complexity index is 316. The summed E-state index contributed by atoms with van der Waals surface area (Å²) in [5.41, 5.74) is 0.855. The van der Waals surface area contributed by atoms with Gasteiger partial charge in [-0.3, -0.25) is 0 Å². The molecule has 0 aliphatic carbocycles. The SMILES string of the molecule is CC/C=C(/F)c1c(C)ncnc1Cl. The molecule has 0 aromatic carbocycles. The molecule has 0 fully saturated rings. The number of halogens is 2. The van der Waals surface area contributed by atoms with Crippen LogP contribution in [0.5, 0.6) is 0 Å². The third kappa shape index (κ3) is 2.25. The van der Waals surface area contributed by atoms with E-state index in [1.165, 1.54) is 12.4 Å². The first kappa shape index (κ1) is 10.1. The van der Waals surface area contributed by atoms with Gasteiger partial charge in [-0.15, -0.1) is 0 Å². The van der Waals surface area contributed by atoms with Gasteiger partial charge in [0, 0.05) is 0 Å². The lowest BCUT2D eigenvalue weighted by molar-refractivity contribution is 0.750. The molecule has 0 aliphatic heterocycles. The van der Waals surface area contributed by atoms with E-state index >= 15 is 0 Å². The second kappa shape index (κ2) is 4.33. The Kier molecular flexibility index (Phi) is 3.37. The van der Waals surface area contributed by atoms with Crippen molar-refractivity contribution in [1.29, 1.82) is 0 Å². The number of allylic oxidation sites excluding steroid dienone is 1. The molecule has 0 amide bonds. The van der Waals surface area contributed by atoms with Crippen LogP contribution in [0.2, 0.25) is 5.15 Å². The minimum absolute atomic E-state index is 0.162. The molecule has 1 heterocycles. The van der Waals surface area contributed by atoms with E-state index in [1.54, 1.807) is 6.92 Å². The second-order valence-electron chi connectivity index (χ2n) is 2.59. The number of aryl methyl sites for hydroxylation is 1. The largest absolute Gasteiger partial charge is 0.241 e. The topological polar surface area (TPSA) is 25.8 Å². The van der Waals surface area contributed by atoms with E-state index < -0.39 is 0 Å². The average Bonchev–Trinajstić information content (AvgIpc) is 2.04. The molecule has 0 N–H and O–H groups in total. The van der Waals surface area contributed by atoms with Gasteiger partial charge in [-0.1, -0.05) is 18.5 Å². The van der Waals surface area contributed by atoms with Crippen LogP contribution in [-0.2, 0) is 0 Å². The molecule has 0 atom stereocenters. The molecule has 13 heavy (non-hydrogen) atoms. The Hall–Kier alpha value is -0.960. The summed E-state index contributed by atoms with van der Waals surface area (Å²) in [7, 11) is 0. The van der Waals surface area contributed by atoms with Crippen LogP contribution in [0.15, 0.2) is 12.4 Å². The summed E-state index contributed by atoms with van der Waals surface area (Å²) in [6.07, 6.45) is 3.40. The van der Waals surface area contributed by atoms with Crippen molar-refractivity contribution >= 4 is 17.4 Å². The van der Waals surface area contributed by atoms with E-state index in [0.717, 1.165) is 0 Å². The standard InChI is InChI=1S/C9H10ClFN2/c1-3-4-7(11)8-6(2)12-5-13-9(8)10/h4-5H,3H2,1-2H3/b7-4+. The fourth-order valence-electron chi connectivity index (χ4n) is 0.997. The van der Waals surface area contributed by atoms with E-state index in [2.05, 4.69) is 9.97 Å². The molecular formula is C9H10ClFN2. The lowest BCUT2D eigenvalue weighted by Crippen LogP contribution is -1.93. The first-order chi connectivity index (χ1) is 6.16. The summed E-state index contributed by atoms with van der Waals surface area (Å²) in [5, 5.41) is 0.162. The van der Waals surface area contributed by atoms with Crippen molar-refractivity contribution in [1.82, 2.24) is 9.97 Å². The van der Waals surface area contributed by atoms with Crippen molar-refractivity contribution in [2.24, 2.45) is 0 Å². The van der Waals surface area contributed by atoms with Crippen molar-refractivity contribution in [3.8, 4) is 0 Å². The Morgan fingerprint density at radius 3 is 2.85 bits per heavy atom. The lowest BCUT2D eigenvalue weighted by atomic mass is 10.2. The predicted molar refractivity (Wildman–Crippen MR) is 51.2 cm³/mol. The molecule has 0 saturated carbocycles. The Labute approximate surface area is 81.5 Å². The van der Waals surface area contributed by atoms with Crippen LogP contribution < -0.4 is 0 Å². The second-order valence-corrected chi connectivity index (χ2v) is 2.94. The van der Waals surface area contributed by atoms with Crippen LogP contribution in [0.3, 0.4) is 0 Å². The Morgan fingerprint density at radius 1 is 1.62 bits per heavy atom. The molecule has 0 aliphatic rings. The smallest absolute Gasteiger partial charge is 0.142 e. The zero-order valence-corrected chi connectivity index (χ0v) is 8.27. The summed E-state index contributed by atoms with van der Waals surface area (Å²) in [6.45, 7) is 3.55. The van der Waals surface area contributed by atoms with Gasteiger partial charge in [-0.05, 0) is 19.4 Å². The third-order valence-electron chi connectivity index (χ3n) is 1.61. The van der Waals surface area contributed by atoms with Gasteiger partial charge in [0.1, 0.15) is 17.3 Å². The summed E-state index contributed by atoms with van der Waals surface area (Å²) in [4.78, 5) is 7.58. The zero-order chi connectivity index (χ0) is 9.84. The van der Waals surface area contributed by atoms with Crippen LogP contribution in [0.1, 0.15) is 24.6 Å². The number of hydrogen-bond donors (Lipinski definition) is 0. The summed E-state index contributed by atoms with van der Waals surface area (Å²) in [6, 6.07) is 0. The normalized spacial score (nSPS) is 11.8. The van der Waals surface area contributed by atoms with Crippen LogP contribution in [-0.4, -0.2) is 9.97 Å². The van der Waals surface area contributed by atoms with Gasteiger partial charge in [0.2, 0.25) is 0 Å². The molecule has 1 aromatic heterocycles. The number of rotatable bonds is 2. The highest BCUT2D eigenvalue weighted by Gasteiger charge is 2.10. The Balaban J connectivity index is 3.20. The molecule has 70 valence electrons. The monoisotopic (exact) mass is 200 g/mol. The molecular weight excluding hydrogens is 191 g/mol. The molecule has 0 spiro atoms. The first-order valence-electron chi connectivity index (χ1n) is 4.00.